The molecule has 5 aliphatic carbocycles. The minimum atomic E-state index is -0.656. The molecule has 39 heavy (non-hydrogen) atoms. The number of ketones is 1. The van der Waals surface area contributed by atoms with Gasteiger partial charge in [0, 0.05) is 11.3 Å². The molecule has 4 fully saturated rings. The van der Waals surface area contributed by atoms with E-state index in [0.717, 1.165) is 70.6 Å². The average Bonchev–Trinajstić information content (AvgIpc) is 2.84. The first-order valence-corrected chi connectivity index (χ1v) is 16.2. The third kappa shape index (κ3) is 3.77. The van der Waals surface area contributed by atoms with E-state index in [4.69, 9.17) is 5.73 Å². The number of aliphatic hydroxyl groups is 1. The van der Waals surface area contributed by atoms with Gasteiger partial charge < -0.3 is 10.8 Å². The predicted molar refractivity (Wildman–Crippen MR) is 158 cm³/mol. The van der Waals surface area contributed by atoms with Crippen molar-refractivity contribution in [2.75, 3.05) is 0 Å². The lowest BCUT2D eigenvalue weighted by Gasteiger charge is -2.71. The van der Waals surface area contributed by atoms with Crippen molar-refractivity contribution in [3.05, 3.63) is 11.6 Å². The van der Waals surface area contributed by atoms with E-state index in [0.29, 0.717) is 11.7 Å². The third-order valence-electron chi connectivity index (χ3n) is 14.8. The Morgan fingerprint density at radius 3 is 2.26 bits per heavy atom. The second kappa shape index (κ2) is 8.92. The number of nitrogens with two attached hydrogens (primary N) is 1. The fourth-order valence-corrected chi connectivity index (χ4v) is 11.5. The highest BCUT2D eigenvalue weighted by molar-refractivity contribution is 5.95. The summed E-state index contributed by atoms with van der Waals surface area (Å²) in [5.41, 5.74) is 5.75. The van der Waals surface area contributed by atoms with Crippen molar-refractivity contribution in [1.29, 1.82) is 0 Å². The number of hydrogen-bond acceptors (Lipinski definition) is 3. The number of carbonyl (C=O) groups is 2. The minimum absolute atomic E-state index is 0.0209. The molecule has 4 saturated carbocycles. The fraction of sp³-hybridized carbons (Fsp3) is 0.886. The van der Waals surface area contributed by atoms with Gasteiger partial charge in [-0.05, 0) is 109 Å². The number of primary amides is 1. The normalized spacial score (nSPS) is 50.6. The summed E-state index contributed by atoms with van der Waals surface area (Å²) < 4.78 is 0. The van der Waals surface area contributed by atoms with Gasteiger partial charge in [-0.3, -0.25) is 9.59 Å². The Bertz CT molecular complexity index is 1080. The largest absolute Gasteiger partial charge is 0.389 e. The first kappa shape index (κ1) is 29.3. The van der Waals surface area contributed by atoms with Gasteiger partial charge in [-0.15, -0.1) is 0 Å². The first-order valence-electron chi connectivity index (χ1n) is 16.2. The van der Waals surface area contributed by atoms with Crippen LogP contribution in [-0.2, 0) is 9.59 Å². The number of carbonyl (C=O) groups excluding carboxylic acids is 2. The van der Waals surface area contributed by atoms with Gasteiger partial charge in [0.05, 0.1) is 5.60 Å². The lowest BCUT2D eigenvalue weighted by molar-refractivity contribution is -0.232. The number of hydrogen-bond donors (Lipinski definition) is 2. The van der Waals surface area contributed by atoms with Crippen LogP contribution < -0.4 is 5.73 Å². The van der Waals surface area contributed by atoms with Crippen molar-refractivity contribution in [1.82, 2.24) is 0 Å². The molecular formula is C35H57NO3. The van der Waals surface area contributed by atoms with Crippen molar-refractivity contribution in [3.8, 4) is 0 Å². The molecule has 0 aromatic carbocycles. The van der Waals surface area contributed by atoms with Gasteiger partial charge in [-0.25, -0.2) is 0 Å². The van der Waals surface area contributed by atoms with Crippen LogP contribution in [0, 0.1) is 50.2 Å². The van der Waals surface area contributed by atoms with Crippen LogP contribution in [0.4, 0.5) is 0 Å². The number of unbranched alkanes of at least 4 members (excludes halogenated alkanes) is 2. The van der Waals surface area contributed by atoms with Gasteiger partial charge in [0.15, 0.2) is 5.78 Å². The van der Waals surface area contributed by atoms with E-state index in [1.54, 1.807) is 0 Å². The summed E-state index contributed by atoms with van der Waals surface area (Å²) in [6, 6.07) is 0. The summed E-state index contributed by atoms with van der Waals surface area (Å²) in [6.45, 7) is 18.6. The van der Waals surface area contributed by atoms with Gasteiger partial charge in [0.25, 0.3) is 0 Å². The van der Waals surface area contributed by atoms with Gasteiger partial charge in [0.1, 0.15) is 0 Å². The van der Waals surface area contributed by atoms with E-state index in [1.165, 1.54) is 18.4 Å². The molecule has 5 rings (SSSR count). The van der Waals surface area contributed by atoms with Gasteiger partial charge >= 0.3 is 0 Å². The van der Waals surface area contributed by atoms with E-state index < -0.39 is 11.0 Å². The Morgan fingerprint density at radius 2 is 1.62 bits per heavy atom. The zero-order valence-corrected chi connectivity index (χ0v) is 26.3. The summed E-state index contributed by atoms with van der Waals surface area (Å²) >= 11 is 0. The number of rotatable bonds is 5. The second-order valence-corrected chi connectivity index (χ2v) is 16.8. The Morgan fingerprint density at radius 1 is 0.949 bits per heavy atom. The van der Waals surface area contributed by atoms with Crippen LogP contribution in [0.15, 0.2) is 11.6 Å². The van der Waals surface area contributed by atoms with Gasteiger partial charge in [0.2, 0.25) is 5.91 Å². The van der Waals surface area contributed by atoms with Crippen molar-refractivity contribution in [2.24, 2.45) is 56.0 Å². The van der Waals surface area contributed by atoms with Crippen molar-refractivity contribution in [3.63, 3.8) is 0 Å². The topological polar surface area (TPSA) is 80.4 Å². The third-order valence-corrected chi connectivity index (χ3v) is 14.8. The summed E-state index contributed by atoms with van der Waals surface area (Å²) in [5.74, 6) is 0.675. The molecule has 0 spiro atoms. The molecule has 9 atom stereocenters. The van der Waals surface area contributed by atoms with Gasteiger partial charge in [-0.1, -0.05) is 80.2 Å². The van der Waals surface area contributed by atoms with Crippen molar-refractivity contribution in [2.45, 2.75) is 144 Å². The molecule has 0 aliphatic heterocycles. The zero-order chi connectivity index (χ0) is 28.9. The number of allylic oxidation sites excluding steroid dienone is 2. The van der Waals surface area contributed by atoms with Crippen LogP contribution in [0.5, 0.6) is 0 Å². The maximum atomic E-state index is 14.5. The molecule has 220 valence electrons. The first-order chi connectivity index (χ1) is 17.9. The lowest BCUT2D eigenvalue weighted by Crippen LogP contribution is -2.68. The Labute approximate surface area is 238 Å². The van der Waals surface area contributed by atoms with E-state index in [2.05, 4.69) is 61.5 Å². The van der Waals surface area contributed by atoms with E-state index >= 15 is 0 Å². The van der Waals surface area contributed by atoms with E-state index in [9.17, 15) is 14.7 Å². The molecule has 0 saturated heterocycles. The smallest absolute Gasteiger partial charge is 0.223 e. The zero-order valence-electron chi connectivity index (χ0n) is 26.3. The predicted octanol–water partition coefficient (Wildman–Crippen LogP) is 7.76. The Hall–Kier alpha value is -1.16. The summed E-state index contributed by atoms with van der Waals surface area (Å²) in [4.78, 5) is 27.1. The molecular weight excluding hydrogens is 482 g/mol. The maximum absolute atomic E-state index is 14.5. The SMILES string of the molecule is CCCCC[C@]1(O)CC[C@@]2(C)C(CC[C@]3(C)[C@@H]2C(=O)C=C2[C@@H]4C[C@@](C)(C(N)=O)CC[C@]4(C)CC[C@]23C)C1(C)C. The monoisotopic (exact) mass is 539 g/mol. The highest BCUT2D eigenvalue weighted by Crippen LogP contribution is 2.76. The van der Waals surface area contributed by atoms with Crippen LogP contribution in [-0.4, -0.2) is 22.4 Å². The standard InChI is InChI=1S/C35H57NO3/c1-9-10-11-13-35(39)20-18-32(6)26(29(35,2)3)12-14-34(8)27(32)25(37)21-23-24-22-31(5,28(36)38)16-15-30(24,4)17-19-33(23,34)7/h21,24,26-27,39H,9-20,22H2,1-8H3,(H2,36,38)/t24-,26?,27+,30+,31-,32-,33+,34+,35-/m0/s1. The van der Waals surface area contributed by atoms with Gasteiger partial charge in [-0.2, -0.15) is 0 Å². The molecule has 0 radical (unpaired) electrons. The summed E-state index contributed by atoms with van der Waals surface area (Å²) in [7, 11) is 0. The summed E-state index contributed by atoms with van der Waals surface area (Å²) in [6.07, 6.45) is 15.1. The maximum Gasteiger partial charge on any atom is 0.223 e. The highest BCUT2D eigenvalue weighted by Gasteiger charge is 2.71. The molecule has 0 bridgehead atoms. The number of fused-ring (bicyclic) bond motifs is 7. The molecule has 4 nitrogen and oxygen atoms in total. The molecule has 0 aromatic rings. The van der Waals surface area contributed by atoms with Crippen LogP contribution in [0.1, 0.15) is 139 Å². The quantitative estimate of drug-likeness (QED) is 0.350. The fourth-order valence-electron chi connectivity index (χ4n) is 11.5. The summed E-state index contributed by atoms with van der Waals surface area (Å²) in [5, 5.41) is 12.1. The molecule has 0 heterocycles. The Balaban J connectivity index is 1.55. The van der Waals surface area contributed by atoms with Crippen LogP contribution in [0.25, 0.3) is 0 Å². The Kier molecular flexibility index (Phi) is 6.71. The average molecular weight is 540 g/mol. The van der Waals surface area contributed by atoms with Crippen LogP contribution in [0.3, 0.4) is 0 Å². The molecule has 0 aromatic heterocycles. The van der Waals surface area contributed by atoms with Crippen molar-refractivity contribution >= 4 is 11.7 Å². The van der Waals surface area contributed by atoms with Crippen molar-refractivity contribution < 1.29 is 14.7 Å². The molecule has 5 aliphatic rings. The van der Waals surface area contributed by atoms with E-state index in [-0.39, 0.29) is 44.8 Å². The van der Waals surface area contributed by atoms with Crippen LogP contribution in [0.2, 0.25) is 0 Å². The van der Waals surface area contributed by atoms with Crippen LogP contribution >= 0.6 is 0 Å². The highest BCUT2D eigenvalue weighted by atomic mass is 16.3. The second-order valence-electron chi connectivity index (χ2n) is 16.8. The van der Waals surface area contributed by atoms with E-state index in [1.807, 2.05) is 0 Å². The molecule has 4 heteroatoms. The number of amides is 1. The minimum Gasteiger partial charge on any atom is -0.389 e. The molecule has 1 amide bonds. The molecule has 1 unspecified atom stereocenters. The lowest BCUT2D eigenvalue weighted by atomic mass is 9.32. The molecule has 3 N–H and O–H groups in total.